The van der Waals surface area contributed by atoms with Gasteiger partial charge < -0.3 is 4.57 Å². The zero-order chi connectivity index (χ0) is 19.5. The maximum atomic E-state index is 9.79. The van der Waals surface area contributed by atoms with Gasteiger partial charge in [-0.3, -0.25) is 0 Å². The summed E-state index contributed by atoms with van der Waals surface area (Å²) >= 11 is 6.62. The third-order valence-electron chi connectivity index (χ3n) is 5.04. The molecule has 7 heteroatoms. The van der Waals surface area contributed by atoms with Crippen LogP contribution in [0.15, 0.2) is 30.3 Å². The fourth-order valence-corrected chi connectivity index (χ4v) is 3.86. The van der Waals surface area contributed by atoms with Crippen LogP contribution in [0.5, 0.6) is 0 Å². The van der Waals surface area contributed by atoms with E-state index in [-0.39, 0.29) is 0 Å². The van der Waals surface area contributed by atoms with E-state index in [1.165, 1.54) is 6.42 Å². The van der Waals surface area contributed by atoms with Crippen molar-refractivity contribution in [3.8, 4) is 6.07 Å². The summed E-state index contributed by atoms with van der Waals surface area (Å²) < 4.78 is 3.83. The Morgan fingerprint density at radius 3 is 2.82 bits per heavy atom. The van der Waals surface area contributed by atoms with Crippen molar-refractivity contribution in [3.63, 3.8) is 0 Å². The van der Waals surface area contributed by atoms with E-state index >= 15 is 0 Å². The normalized spacial score (nSPS) is 14.4. The van der Waals surface area contributed by atoms with Gasteiger partial charge in [0.25, 0.3) is 0 Å². The first-order valence-corrected chi connectivity index (χ1v) is 9.86. The van der Waals surface area contributed by atoms with Gasteiger partial charge in [0.1, 0.15) is 17.0 Å². The second-order valence-corrected chi connectivity index (χ2v) is 7.36. The van der Waals surface area contributed by atoms with E-state index in [9.17, 15) is 5.26 Å². The highest BCUT2D eigenvalue weighted by Gasteiger charge is 2.19. The summed E-state index contributed by atoms with van der Waals surface area (Å²) in [6.07, 6.45) is 6.05. The summed E-state index contributed by atoms with van der Waals surface area (Å²) in [5, 5.41) is 23.5. The lowest BCUT2D eigenvalue weighted by Crippen LogP contribution is -2.05. The molecule has 6 nitrogen and oxygen atoms in total. The Balaban J connectivity index is 1.70. The van der Waals surface area contributed by atoms with Crippen LogP contribution in [0.3, 0.4) is 0 Å². The fourth-order valence-electron chi connectivity index (χ4n) is 3.57. The van der Waals surface area contributed by atoms with Gasteiger partial charge in [0.05, 0.1) is 17.8 Å². The highest BCUT2D eigenvalue weighted by atomic mass is 35.5. The standard InChI is InChI=1S/C21H21ClN6/c1-15-18(20(22)28(26-15)14-16-8-4-2-5-9-16)12-17(13-23)21-25-24-19-10-6-3-7-11-27(19)21/h2,4-5,8-9,12H,3,6-7,10-11,14H2,1H3/b17-12+. The van der Waals surface area contributed by atoms with Gasteiger partial charge in [-0.1, -0.05) is 48.4 Å². The minimum atomic E-state index is 0.463. The molecule has 0 saturated carbocycles. The van der Waals surface area contributed by atoms with Crippen molar-refractivity contribution >= 4 is 23.3 Å². The predicted octanol–water partition coefficient (Wildman–Crippen LogP) is 4.28. The molecule has 4 rings (SSSR count). The number of nitriles is 1. The summed E-state index contributed by atoms with van der Waals surface area (Å²) in [7, 11) is 0. The molecule has 0 saturated heterocycles. The number of hydrogen-bond acceptors (Lipinski definition) is 4. The van der Waals surface area contributed by atoms with Crippen LogP contribution in [0, 0.1) is 18.3 Å². The SMILES string of the molecule is Cc1nn(Cc2ccccc2)c(Cl)c1/C=C(\C#N)c1nnc2n1CCCCC2. The lowest BCUT2D eigenvalue weighted by atomic mass is 10.1. The molecule has 0 radical (unpaired) electrons. The Morgan fingerprint density at radius 1 is 1.21 bits per heavy atom. The number of benzene rings is 1. The second-order valence-electron chi connectivity index (χ2n) is 7.01. The minimum Gasteiger partial charge on any atom is -0.310 e. The Bertz CT molecular complexity index is 1050. The summed E-state index contributed by atoms with van der Waals surface area (Å²) in [6.45, 7) is 3.33. The molecule has 0 spiro atoms. The summed E-state index contributed by atoms with van der Waals surface area (Å²) in [5.74, 6) is 1.57. The van der Waals surface area contributed by atoms with Crippen molar-refractivity contribution in [3.05, 3.63) is 64.0 Å². The van der Waals surface area contributed by atoms with Crippen LogP contribution in [0.25, 0.3) is 11.6 Å². The van der Waals surface area contributed by atoms with Crippen molar-refractivity contribution in [1.82, 2.24) is 24.5 Å². The fraction of sp³-hybridized carbons (Fsp3) is 0.333. The van der Waals surface area contributed by atoms with Crippen LogP contribution < -0.4 is 0 Å². The molecule has 28 heavy (non-hydrogen) atoms. The third-order valence-corrected chi connectivity index (χ3v) is 5.44. The molecule has 1 aliphatic rings. The van der Waals surface area contributed by atoms with Crippen molar-refractivity contribution in [1.29, 1.82) is 5.26 Å². The number of nitrogens with zero attached hydrogens (tertiary/aromatic N) is 6. The quantitative estimate of drug-likeness (QED) is 0.621. The maximum absolute atomic E-state index is 9.79. The molecule has 0 fully saturated rings. The van der Waals surface area contributed by atoms with Crippen LogP contribution in [0.2, 0.25) is 5.15 Å². The average molecular weight is 393 g/mol. The molecule has 0 N–H and O–H groups in total. The van der Waals surface area contributed by atoms with E-state index in [1.54, 1.807) is 10.8 Å². The third kappa shape index (κ3) is 3.58. The predicted molar refractivity (Wildman–Crippen MR) is 109 cm³/mol. The minimum absolute atomic E-state index is 0.463. The summed E-state index contributed by atoms with van der Waals surface area (Å²) in [6, 6.07) is 12.3. The van der Waals surface area contributed by atoms with Gasteiger partial charge in [-0.05, 0) is 31.4 Å². The molecule has 0 atom stereocenters. The van der Waals surface area contributed by atoms with Crippen molar-refractivity contribution < 1.29 is 0 Å². The van der Waals surface area contributed by atoms with E-state index in [2.05, 4.69) is 25.9 Å². The first kappa shape index (κ1) is 18.5. The van der Waals surface area contributed by atoms with E-state index in [4.69, 9.17) is 11.6 Å². The van der Waals surface area contributed by atoms with Crippen molar-refractivity contribution in [2.45, 2.75) is 45.7 Å². The van der Waals surface area contributed by atoms with Crippen molar-refractivity contribution in [2.24, 2.45) is 0 Å². The molecule has 0 amide bonds. The van der Waals surface area contributed by atoms with Gasteiger partial charge in [0.2, 0.25) is 0 Å². The van der Waals surface area contributed by atoms with Crippen LogP contribution in [0.1, 0.15) is 47.7 Å². The van der Waals surface area contributed by atoms with E-state index in [0.717, 1.165) is 48.5 Å². The van der Waals surface area contributed by atoms with Gasteiger partial charge in [-0.15, -0.1) is 10.2 Å². The number of fused-ring (bicyclic) bond motifs is 1. The lowest BCUT2D eigenvalue weighted by molar-refractivity contribution is 0.627. The van der Waals surface area contributed by atoms with E-state index in [1.807, 2.05) is 37.3 Å². The van der Waals surface area contributed by atoms with Crippen molar-refractivity contribution in [2.75, 3.05) is 0 Å². The lowest BCUT2D eigenvalue weighted by Gasteiger charge is -2.06. The van der Waals surface area contributed by atoms with Crippen LogP contribution in [-0.2, 0) is 19.5 Å². The van der Waals surface area contributed by atoms with Gasteiger partial charge in [-0.25, -0.2) is 4.68 Å². The zero-order valence-electron chi connectivity index (χ0n) is 15.8. The molecular formula is C21H21ClN6. The van der Waals surface area contributed by atoms with Crippen LogP contribution in [-0.4, -0.2) is 24.5 Å². The van der Waals surface area contributed by atoms with Crippen LogP contribution in [0.4, 0.5) is 0 Å². The Labute approximate surface area is 169 Å². The maximum Gasteiger partial charge on any atom is 0.174 e. The zero-order valence-corrected chi connectivity index (χ0v) is 16.5. The number of aromatic nitrogens is 5. The van der Waals surface area contributed by atoms with Gasteiger partial charge in [-0.2, -0.15) is 10.4 Å². The Kier molecular flexibility index (Phi) is 5.27. The topological polar surface area (TPSA) is 72.3 Å². The van der Waals surface area contributed by atoms with Gasteiger partial charge in [0.15, 0.2) is 5.82 Å². The second kappa shape index (κ2) is 7.99. The number of rotatable bonds is 4. The van der Waals surface area contributed by atoms with Gasteiger partial charge in [0, 0.05) is 18.5 Å². The van der Waals surface area contributed by atoms with E-state index in [0.29, 0.717) is 23.1 Å². The first-order chi connectivity index (χ1) is 13.7. The largest absolute Gasteiger partial charge is 0.310 e. The number of hydrogen-bond donors (Lipinski definition) is 0. The summed E-state index contributed by atoms with van der Waals surface area (Å²) in [4.78, 5) is 0. The number of halogens is 1. The Hall–Kier alpha value is -2.91. The monoisotopic (exact) mass is 392 g/mol. The van der Waals surface area contributed by atoms with E-state index < -0.39 is 0 Å². The Morgan fingerprint density at radius 2 is 2.04 bits per heavy atom. The molecule has 2 aromatic heterocycles. The van der Waals surface area contributed by atoms with Gasteiger partial charge >= 0.3 is 0 Å². The molecule has 142 valence electrons. The molecule has 1 aliphatic heterocycles. The highest BCUT2D eigenvalue weighted by Crippen LogP contribution is 2.27. The van der Waals surface area contributed by atoms with Crippen LogP contribution >= 0.6 is 11.6 Å². The molecule has 1 aromatic carbocycles. The number of allylic oxidation sites excluding steroid dienone is 1. The molecular weight excluding hydrogens is 372 g/mol. The molecule has 3 aromatic rings. The first-order valence-electron chi connectivity index (χ1n) is 9.48. The highest BCUT2D eigenvalue weighted by molar-refractivity contribution is 6.31. The molecule has 0 unspecified atom stereocenters. The summed E-state index contributed by atoms with van der Waals surface area (Å²) in [5.41, 5.74) is 3.11. The molecule has 0 bridgehead atoms. The smallest absolute Gasteiger partial charge is 0.174 e. The molecule has 0 aliphatic carbocycles. The molecule has 3 heterocycles. The number of aryl methyl sites for hydroxylation is 2. The average Bonchev–Trinajstić information content (AvgIpc) is 3.11.